The predicted octanol–water partition coefficient (Wildman–Crippen LogP) is 6.23. The zero-order valence-corrected chi connectivity index (χ0v) is 18.2. The molecule has 0 saturated carbocycles. The Kier molecular flexibility index (Phi) is 5.72. The first-order chi connectivity index (χ1) is 15.7. The van der Waals surface area contributed by atoms with Gasteiger partial charge in [0.05, 0.1) is 22.6 Å². The van der Waals surface area contributed by atoms with Crippen molar-refractivity contribution in [3.63, 3.8) is 0 Å². The number of para-hydroxylation sites is 1. The topological polar surface area (TPSA) is 79.5 Å². The highest BCUT2D eigenvalue weighted by molar-refractivity contribution is 5.94. The molecular weight excluding hydrogens is 428 g/mol. The van der Waals surface area contributed by atoms with Crippen LogP contribution in [-0.2, 0) is 0 Å². The molecule has 0 bridgehead atoms. The maximum absolute atomic E-state index is 14.5. The van der Waals surface area contributed by atoms with Crippen LogP contribution in [0.5, 0.6) is 0 Å². The molecule has 4 rings (SSSR count). The fraction of sp³-hybridized carbons (Fsp3) is 0.154. The lowest BCUT2D eigenvalue weighted by Gasteiger charge is -2.20. The molecule has 1 aromatic heterocycles. The second-order valence-corrected chi connectivity index (χ2v) is 7.93. The van der Waals surface area contributed by atoms with Gasteiger partial charge in [0.1, 0.15) is 11.3 Å². The highest BCUT2D eigenvalue weighted by atomic mass is 19.2. The average molecular weight is 449 g/mol. The molecule has 1 atom stereocenters. The molecule has 1 heterocycles. The van der Waals surface area contributed by atoms with Crippen molar-refractivity contribution in [2.45, 2.75) is 26.8 Å². The van der Waals surface area contributed by atoms with Gasteiger partial charge in [-0.25, -0.2) is 13.6 Å². The summed E-state index contributed by atoms with van der Waals surface area (Å²) in [6.45, 7) is 5.14. The maximum Gasteiger partial charge on any atom is 0.337 e. The van der Waals surface area contributed by atoms with Crippen molar-refractivity contribution >= 4 is 22.6 Å². The lowest BCUT2D eigenvalue weighted by atomic mass is 9.98. The van der Waals surface area contributed by atoms with E-state index in [-0.39, 0.29) is 33.5 Å². The van der Waals surface area contributed by atoms with E-state index < -0.39 is 23.6 Å². The summed E-state index contributed by atoms with van der Waals surface area (Å²) in [7, 11) is 0. The number of anilines is 1. The minimum absolute atomic E-state index is 0.0484. The van der Waals surface area contributed by atoms with E-state index in [1.807, 2.05) is 13.0 Å². The largest absolute Gasteiger partial charge is 0.478 e. The standard InChI is InChI=1S/C26H21F2NO4/c1-13-11-18(15(3)29-21-10-5-4-7-16(21)26(31)32)25-19(12-13)23(30)14(2)24(33-25)17-8-6-9-20(27)22(17)28/h4-12,15,29H,1-3H3,(H,31,32)/t15-/m1/s1. The molecule has 168 valence electrons. The van der Waals surface area contributed by atoms with Crippen LogP contribution in [0.1, 0.15) is 40.0 Å². The third-order valence-corrected chi connectivity index (χ3v) is 5.58. The summed E-state index contributed by atoms with van der Waals surface area (Å²) in [5.41, 5.74) is 1.78. The number of hydrogen-bond donors (Lipinski definition) is 2. The van der Waals surface area contributed by atoms with Crippen molar-refractivity contribution in [1.82, 2.24) is 0 Å². The summed E-state index contributed by atoms with van der Waals surface area (Å²) in [6, 6.07) is 13.2. The number of carbonyl (C=O) groups is 1. The molecule has 0 radical (unpaired) electrons. The number of benzene rings is 3. The Morgan fingerprint density at radius 2 is 1.79 bits per heavy atom. The van der Waals surface area contributed by atoms with Crippen LogP contribution >= 0.6 is 0 Å². The SMILES string of the molecule is Cc1cc([C@@H](C)Nc2ccccc2C(=O)O)c2oc(-c3cccc(F)c3F)c(C)c(=O)c2c1. The van der Waals surface area contributed by atoms with Gasteiger partial charge in [-0.1, -0.05) is 24.3 Å². The van der Waals surface area contributed by atoms with Crippen molar-refractivity contribution in [2.24, 2.45) is 0 Å². The van der Waals surface area contributed by atoms with E-state index in [0.29, 0.717) is 16.6 Å². The van der Waals surface area contributed by atoms with Crippen LogP contribution in [0.4, 0.5) is 14.5 Å². The Labute approximate surface area is 188 Å². The van der Waals surface area contributed by atoms with E-state index in [1.165, 1.54) is 25.1 Å². The molecular formula is C26H21F2NO4. The van der Waals surface area contributed by atoms with Gasteiger partial charge in [0.2, 0.25) is 0 Å². The third kappa shape index (κ3) is 3.98. The van der Waals surface area contributed by atoms with Crippen molar-refractivity contribution in [2.75, 3.05) is 5.32 Å². The monoisotopic (exact) mass is 449 g/mol. The van der Waals surface area contributed by atoms with Gasteiger partial charge in [0.25, 0.3) is 0 Å². The molecule has 5 nitrogen and oxygen atoms in total. The Hall–Kier alpha value is -4.00. The molecule has 0 aliphatic heterocycles. The smallest absolute Gasteiger partial charge is 0.337 e. The second kappa shape index (κ2) is 8.50. The van der Waals surface area contributed by atoms with Crippen molar-refractivity contribution in [3.05, 3.63) is 98.7 Å². The van der Waals surface area contributed by atoms with Gasteiger partial charge in [-0.2, -0.15) is 0 Å². The number of rotatable bonds is 5. The molecule has 0 amide bonds. The number of carboxylic acids is 1. The quantitative estimate of drug-likeness (QED) is 0.378. The van der Waals surface area contributed by atoms with Crippen LogP contribution in [-0.4, -0.2) is 11.1 Å². The van der Waals surface area contributed by atoms with E-state index in [2.05, 4.69) is 5.32 Å². The van der Waals surface area contributed by atoms with Crippen molar-refractivity contribution in [3.8, 4) is 11.3 Å². The summed E-state index contributed by atoms with van der Waals surface area (Å²) in [6.07, 6.45) is 0. The molecule has 0 aliphatic rings. The average Bonchev–Trinajstić information content (AvgIpc) is 2.78. The van der Waals surface area contributed by atoms with Gasteiger partial charge in [-0.3, -0.25) is 4.79 Å². The molecule has 3 aromatic carbocycles. The molecule has 0 fully saturated rings. The molecule has 33 heavy (non-hydrogen) atoms. The lowest BCUT2D eigenvalue weighted by molar-refractivity contribution is 0.0698. The van der Waals surface area contributed by atoms with Crippen LogP contribution in [0.25, 0.3) is 22.3 Å². The molecule has 0 aliphatic carbocycles. The van der Waals surface area contributed by atoms with E-state index >= 15 is 0 Å². The van der Waals surface area contributed by atoms with Gasteiger partial charge in [0, 0.05) is 16.8 Å². The predicted molar refractivity (Wildman–Crippen MR) is 123 cm³/mol. The normalized spacial score (nSPS) is 12.0. The number of halogens is 2. The third-order valence-electron chi connectivity index (χ3n) is 5.58. The first-order valence-corrected chi connectivity index (χ1v) is 10.3. The van der Waals surface area contributed by atoms with Crippen molar-refractivity contribution < 1.29 is 23.1 Å². The Bertz CT molecular complexity index is 1460. The fourth-order valence-corrected chi connectivity index (χ4v) is 3.93. The Morgan fingerprint density at radius 3 is 2.52 bits per heavy atom. The number of carboxylic acid groups (broad SMARTS) is 1. The summed E-state index contributed by atoms with van der Waals surface area (Å²) in [5, 5.41) is 12.9. The van der Waals surface area contributed by atoms with Crippen LogP contribution < -0.4 is 10.7 Å². The van der Waals surface area contributed by atoms with Gasteiger partial charge < -0.3 is 14.8 Å². The Balaban J connectivity index is 1.92. The highest BCUT2D eigenvalue weighted by Crippen LogP contribution is 2.33. The van der Waals surface area contributed by atoms with Gasteiger partial charge in [0.15, 0.2) is 17.1 Å². The fourth-order valence-electron chi connectivity index (χ4n) is 3.93. The van der Waals surface area contributed by atoms with Gasteiger partial charge in [-0.15, -0.1) is 0 Å². The molecule has 0 unspecified atom stereocenters. The highest BCUT2D eigenvalue weighted by Gasteiger charge is 2.22. The maximum atomic E-state index is 14.5. The molecule has 0 saturated heterocycles. The minimum atomic E-state index is -1.10. The van der Waals surface area contributed by atoms with E-state index in [1.54, 1.807) is 31.2 Å². The number of aryl methyl sites for hydroxylation is 1. The summed E-state index contributed by atoms with van der Waals surface area (Å²) in [4.78, 5) is 24.8. The molecule has 0 spiro atoms. The first kappa shape index (κ1) is 22.2. The zero-order chi connectivity index (χ0) is 23.9. The number of hydrogen-bond acceptors (Lipinski definition) is 4. The van der Waals surface area contributed by atoms with Crippen LogP contribution in [0.3, 0.4) is 0 Å². The van der Waals surface area contributed by atoms with Crippen LogP contribution in [0.2, 0.25) is 0 Å². The van der Waals surface area contributed by atoms with Gasteiger partial charge in [-0.05, 0) is 56.7 Å². The Morgan fingerprint density at radius 1 is 1.06 bits per heavy atom. The van der Waals surface area contributed by atoms with E-state index in [0.717, 1.165) is 11.6 Å². The van der Waals surface area contributed by atoms with Gasteiger partial charge >= 0.3 is 5.97 Å². The van der Waals surface area contributed by atoms with Crippen molar-refractivity contribution in [1.29, 1.82) is 0 Å². The first-order valence-electron chi connectivity index (χ1n) is 10.3. The van der Waals surface area contributed by atoms with Crippen LogP contribution in [0.15, 0.2) is 63.8 Å². The second-order valence-electron chi connectivity index (χ2n) is 7.93. The summed E-state index contributed by atoms with van der Waals surface area (Å²) >= 11 is 0. The number of fused-ring (bicyclic) bond motifs is 1. The van der Waals surface area contributed by atoms with Crippen LogP contribution in [0, 0.1) is 25.5 Å². The van der Waals surface area contributed by atoms with E-state index in [4.69, 9.17) is 4.42 Å². The number of aromatic carboxylic acids is 1. The summed E-state index contributed by atoms with van der Waals surface area (Å²) in [5.74, 6) is -3.27. The number of nitrogens with one attached hydrogen (secondary N) is 1. The minimum Gasteiger partial charge on any atom is -0.478 e. The summed E-state index contributed by atoms with van der Waals surface area (Å²) < 4.78 is 34.4. The molecule has 4 aromatic rings. The van der Waals surface area contributed by atoms with E-state index in [9.17, 15) is 23.5 Å². The molecule has 2 N–H and O–H groups in total. The lowest BCUT2D eigenvalue weighted by Crippen LogP contribution is -2.14. The molecule has 7 heteroatoms. The zero-order valence-electron chi connectivity index (χ0n) is 18.2.